The van der Waals surface area contributed by atoms with Crippen LogP contribution in [-0.2, 0) is 16.0 Å². The predicted octanol–water partition coefficient (Wildman–Crippen LogP) is 4.65. The smallest absolute Gasteiger partial charge is 0.231 e. The summed E-state index contributed by atoms with van der Waals surface area (Å²) in [5.41, 5.74) is 3.05. The Hall–Kier alpha value is -2.33. The van der Waals surface area contributed by atoms with Gasteiger partial charge in [-0.05, 0) is 42.5 Å². The Bertz CT molecular complexity index is 695. The molecule has 0 aliphatic heterocycles. The molecule has 0 bridgehead atoms. The first-order valence-electron chi connectivity index (χ1n) is 9.11. The highest BCUT2D eigenvalue weighted by molar-refractivity contribution is 5.95. The molecule has 2 rings (SSSR count). The highest BCUT2D eigenvalue weighted by Gasteiger charge is 2.15. The minimum atomic E-state index is -0.221. The first-order chi connectivity index (χ1) is 12.5. The first-order valence-corrected chi connectivity index (χ1v) is 9.11. The van der Waals surface area contributed by atoms with Crippen LogP contribution in [0.1, 0.15) is 37.8 Å². The lowest BCUT2D eigenvalue weighted by atomic mass is 9.96. The van der Waals surface area contributed by atoms with E-state index in [9.17, 15) is 4.79 Å². The van der Waals surface area contributed by atoms with E-state index in [1.54, 1.807) is 7.11 Å². The zero-order valence-corrected chi connectivity index (χ0v) is 16.1. The number of nitrogens with one attached hydrogen (secondary N) is 1. The zero-order valence-electron chi connectivity index (χ0n) is 16.1. The molecule has 140 valence electrons. The molecule has 4 heteroatoms. The summed E-state index contributed by atoms with van der Waals surface area (Å²) in [7, 11) is 1.64. The van der Waals surface area contributed by atoms with Gasteiger partial charge in [-0.1, -0.05) is 44.2 Å². The standard InChI is InChI=1S/C22H29NO3/c1-16(2)14-18-8-10-19(11-9-18)17(3)22(24)23-20-6-5-7-21(15-20)26-13-12-25-4/h5-11,15-17H,12-14H2,1-4H3,(H,23,24). The number of methoxy groups -OCH3 is 1. The van der Waals surface area contributed by atoms with E-state index in [4.69, 9.17) is 9.47 Å². The maximum atomic E-state index is 12.6. The monoisotopic (exact) mass is 355 g/mol. The van der Waals surface area contributed by atoms with Crippen molar-refractivity contribution in [3.8, 4) is 5.75 Å². The molecule has 0 fully saturated rings. The molecule has 4 nitrogen and oxygen atoms in total. The van der Waals surface area contributed by atoms with Crippen molar-refractivity contribution >= 4 is 11.6 Å². The SMILES string of the molecule is COCCOc1cccc(NC(=O)C(C)c2ccc(CC(C)C)cc2)c1. The fraction of sp³-hybridized carbons (Fsp3) is 0.409. The maximum absolute atomic E-state index is 12.6. The van der Waals surface area contributed by atoms with E-state index in [0.29, 0.717) is 24.9 Å². The number of carbonyl (C=O) groups excluding carboxylic acids is 1. The number of hydrogen-bond donors (Lipinski definition) is 1. The molecule has 0 saturated carbocycles. The maximum Gasteiger partial charge on any atom is 0.231 e. The summed E-state index contributed by atoms with van der Waals surface area (Å²) in [5.74, 6) is 1.09. The normalized spacial score (nSPS) is 12.0. The molecule has 0 spiro atoms. The van der Waals surface area contributed by atoms with Gasteiger partial charge in [0.15, 0.2) is 0 Å². The lowest BCUT2D eigenvalue weighted by Crippen LogP contribution is -2.19. The van der Waals surface area contributed by atoms with Crippen LogP contribution >= 0.6 is 0 Å². The number of hydrogen-bond acceptors (Lipinski definition) is 3. The third-order valence-corrected chi connectivity index (χ3v) is 4.17. The van der Waals surface area contributed by atoms with Gasteiger partial charge in [-0.15, -0.1) is 0 Å². The van der Waals surface area contributed by atoms with Crippen LogP contribution in [-0.4, -0.2) is 26.2 Å². The van der Waals surface area contributed by atoms with Crippen LogP contribution in [0.2, 0.25) is 0 Å². The Kier molecular flexibility index (Phi) is 7.67. The van der Waals surface area contributed by atoms with Crippen LogP contribution in [0.3, 0.4) is 0 Å². The Morgan fingerprint density at radius 1 is 1.04 bits per heavy atom. The third-order valence-electron chi connectivity index (χ3n) is 4.17. The summed E-state index contributed by atoms with van der Waals surface area (Å²) in [6, 6.07) is 15.7. The van der Waals surface area contributed by atoms with Gasteiger partial charge in [0.05, 0.1) is 12.5 Å². The van der Waals surface area contributed by atoms with Crippen molar-refractivity contribution in [1.82, 2.24) is 0 Å². The lowest BCUT2D eigenvalue weighted by molar-refractivity contribution is -0.117. The lowest BCUT2D eigenvalue weighted by Gasteiger charge is -2.14. The van der Waals surface area contributed by atoms with E-state index in [1.807, 2.05) is 43.3 Å². The zero-order chi connectivity index (χ0) is 18.9. The molecule has 1 atom stereocenters. The second-order valence-corrected chi connectivity index (χ2v) is 6.92. The summed E-state index contributed by atoms with van der Waals surface area (Å²) in [4.78, 5) is 12.6. The van der Waals surface area contributed by atoms with Gasteiger partial charge >= 0.3 is 0 Å². The number of ether oxygens (including phenoxy) is 2. The van der Waals surface area contributed by atoms with Crippen LogP contribution in [0, 0.1) is 5.92 Å². The van der Waals surface area contributed by atoms with Gasteiger partial charge in [0.2, 0.25) is 5.91 Å². The number of anilines is 1. The van der Waals surface area contributed by atoms with E-state index in [1.165, 1.54) is 5.56 Å². The van der Waals surface area contributed by atoms with Gasteiger partial charge in [-0.2, -0.15) is 0 Å². The van der Waals surface area contributed by atoms with Gasteiger partial charge in [-0.3, -0.25) is 4.79 Å². The highest BCUT2D eigenvalue weighted by atomic mass is 16.5. The van der Waals surface area contributed by atoms with Crippen LogP contribution in [0.5, 0.6) is 5.75 Å². The van der Waals surface area contributed by atoms with Crippen LogP contribution in [0.25, 0.3) is 0 Å². The molecule has 2 aromatic carbocycles. The van der Waals surface area contributed by atoms with Crippen LogP contribution in [0.15, 0.2) is 48.5 Å². The summed E-state index contributed by atoms with van der Waals surface area (Å²) in [5, 5.41) is 2.97. The summed E-state index contributed by atoms with van der Waals surface area (Å²) < 4.78 is 10.6. The van der Waals surface area contributed by atoms with E-state index < -0.39 is 0 Å². The van der Waals surface area contributed by atoms with Gasteiger partial charge in [-0.25, -0.2) is 0 Å². The molecule has 26 heavy (non-hydrogen) atoms. The molecule has 0 aliphatic carbocycles. The molecule has 0 saturated heterocycles. The minimum Gasteiger partial charge on any atom is -0.491 e. The van der Waals surface area contributed by atoms with Crippen molar-refractivity contribution in [2.75, 3.05) is 25.6 Å². The molecule has 1 unspecified atom stereocenters. The summed E-state index contributed by atoms with van der Waals surface area (Å²) in [6.07, 6.45) is 1.05. The van der Waals surface area contributed by atoms with E-state index in [-0.39, 0.29) is 11.8 Å². The van der Waals surface area contributed by atoms with Crippen molar-refractivity contribution < 1.29 is 14.3 Å². The average molecular weight is 355 g/mol. The molecule has 1 amide bonds. The van der Waals surface area contributed by atoms with E-state index >= 15 is 0 Å². The predicted molar refractivity (Wildman–Crippen MR) is 106 cm³/mol. The molecular formula is C22H29NO3. The van der Waals surface area contributed by atoms with Gasteiger partial charge in [0, 0.05) is 18.9 Å². The molecular weight excluding hydrogens is 326 g/mol. The molecule has 1 N–H and O–H groups in total. The number of carbonyl (C=O) groups is 1. The first kappa shape index (κ1) is 20.0. The number of rotatable bonds is 9. The average Bonchev–Trinajstić information content (AvgIpc) is 2.62. The quantitative estimate of drug-likeness (QED) is 0.666. The largest absolute Gasteiger partial charge is 0.491 e. The number of benzene rings is 2. The van der Waals surface area contributed by atoms with E-state index in [0.717, 1.165) is 17.7 Å². The third kappa shape index (κ3) is 6.19. The van der Waals surface area contributed by atoms with Crippen molar-refractivity contribution in [1.29, 1.82) is 0 Å². The molecule has 0 aliphatic rings. The van der Waals surface area contributed by atoms with Crippen LogP contribution in [0.4, 0.5) is 5.69 Å². The van der Waals surface area contributed by atoms with Gasteiger partial charge in [0.25, 0.3) is 0 Å². The molecule has 0 radical (unpaired) electrons. The molecule has 0 heterocycles. The second kappa shape index (κ2) is 9.97. The topological polar surface area (TPSA) is 47.6 Å². The van der Waals surface area contributed by atoms with Crippen molar-refractivity contribution in [3.05, 3.63) is 59.7 Å². The van der Waals surface area contributed by atoms with E-state index in [2.05, 4.69) is 31.3 Å². The number of amides is 1. The second-order valence-electron chi connectivity index (χ2n) is 6.92. The Labute approximate surface area is 156 Å². The Morgan fingerprint density at radius 3 is 2.42 bits per heavy atom. The Morgan fingerprint density at radius 2 is 1.77 bits per heavy atom. The Balaban J connectivity index is 1.97. The minimum absolute atomic E-state index is 0.0318. The summed E-state index contributed by atoms with van der Waals surface area (Å²) >= 11 is 0. The highest BCUT2D eigenvalue weighted by Crippen LogP contribution is 2.22. The summed E-state index contributed by atoms with van der Waals surface area (Å²) in [6.45, 7) is 7.34. The fourth-order valence-corrected chi connectivity index (χ4v) is 2.72. The molecule has 2 aromatic rings. The molecule has 0 aromatic heterocycles. The van der Waals surface area contributed by atoms with Crippen LogP contribution < -0.4 is 10.1 Å². The van der Waals surface area contributed by atoms with Gasteiger partial charge < -0.3 is 14.8 Å². The van der Waals surface area contributed by atoms with Gasteiger partial charge in [0.1, 0.15) is 12.4 Å². The van der Waals surface area contributed by atoms with Crippen molar-refractivity contribution in [2.24, 2.45) is 5.92 Å². The van der Waals surface area contributed by atoms with Crippen molar-refractivity contribution in [3.63, 3.8) is 0 Å². The van der Waals surface area contributed by atoms with Crippen molar-refractivity contribution in [2.45, 2.75) is 33.1 Å². The fourth-order valence-electron chi connectivity index (χ4n) is 2.72.